The van der Waals surface area contributed by atoms with Crippen molar-refractivity contribution < 1.29 is 49.2 Å². The van der Waals surface area contributed by atoms with Gasteiger partial charge in [0.05, 0.1) is 10.9 Å². The van der Waals surface area contributed by atoms with Gasteiger partial charge in [-0.25, -0.2) is 35.2 Å². The standard InChI is InChI=1S/C23H23O3S.C6HF5O3S/c1-23(2,3)26-22(24)25-18-11-10-16-21(17-18)27(19-12-6-4-7-13-19)20-14-8-5-9-15-20;7-1-2(8)4(10)6(15(12,13)14)5(11)3(1)9/h4-17H,1-3H3;(H,12,13,14)/q+1;/p-1. The highest BCUT2D eigenvalue weighted by molar-refractivity contribution is 7.97. The topological polar surface area (TPSA) is 92.7 Å². The van der Waals surface area contributed by atoms with Crippen LogP contribution in [0.5, 0.6) is 5.75 Å². The van der Waals surface area contributed by atoms with Crippen molar-refractivity contribution in [3.63, 3.8) is 0 Å². The van der Waals surface area contributed by atoms with Crippen molar-refractivity contribution in [3.05, 3.63) is 114 Å². The van der Waals surface area contributed by atoms with E-state index in [-0.39, 0.29) is 10.9 Å². The molecule has 13 heteroatoms. The second-order valence-electron chi connectivity index (χ2n) is 9.33. The Morgan fingerprint density at radius 1 is 0.690 bits per heavy atom. The highest BCUT2D eigenvalue weighted by atomic mass is 32.2. The van der Waals surface area contributed by atoms with Gasteiger partial charge in [-0.2, -0.15) is 0 Å². The van der Waals surface area contributed by atoms with Crippen molar-refractivity contribution in [2.45, 2.75) is 46.0 Å². The van der Waals surface area contributed by atoms with Crippen LogP contribution < -0.4 is 4.74 Å². The number of rotatable bonds is 5. The molecule has 0 aliphatic heterocycles. The van der Waals surface area contributed by atoms with E-state index >= 15 is 0 Å². The fourth-order valence-corrected chi connectivity index (χ4v) is 6.10. The Morgan fingerprint density at radius 3 is 1.55 bits per heavy atom. The molecule has 222 valence electrons. The average molecular weight is 627 g/mol. The summed E-state index contributed by atoms with van der Waals surface area (Å²) in [6.07, 6.45) is -0.695. The molecule has 0 N–H and O–H groups in total. The minimum absolute atomic E-state index is 0.291. The third-order valence-electron chi connectivity index (χ3n) is 5.01. The zero-order valence-corrected chi connectivity index (χ0v) is 23.9. The Labute approximate surface area is 241 Å². The first kappa shape index (κ1) is 32.6. The van der Waals surface area contributed by atoms with Gasteiger partial charge in [-0.3, -0.25) is 0 Å². The zero-order valence-electron chi connectivity index (χ0n) is 22.2. The number of hydrogen-bond donors (Lipinski definition) is 0. The molecule has 0 saturated heterocycles. The monoisotopic (exact) mass is 626 g/mol. The predicted molar refractivity (Wildman–Crippen MR) is 143 cm³/mol. The number of halogens is 5. The van der Waals surface area contributed by atoms with E-state index in [4.69, 9.17) is 9.47 Å². The van der Waals surface area contributed by atoms with Gasteiger partial charge in [0, 0.05) is 6.07 Å². The van der Waals surface area contributed by atoms with Crippen LogP contribution in [0.3, 0.4) is 0 Å². The van der Waals surface area contributed by atoms with Gasteiger partial charge in [0.1, 0.15) is 26.4 Å². The van der Waals surface area contributed by atoms with Gasteiger partial charge < -0.3 is 14.0 Å². The van der Waals surface area contributed by atoms with Gasteiger partial charge in [0.2, 0.25) is 5.82 Å². The summed E-state index contributed by atoms with van der Waals surface area (Å²) < 4.78 is 104. The summed E-state index contributed by atoms with van der Waals surface area (Å²) in [7, 11) is -6.06. The molecule has 0 bridgehead atoms. The second-order valence-corrected chi connectivity index (χ2v) is 12.7. The Balaban J connectivity index is 0.000000274. The molecule has 0 fully saturated rings. The van der Waals surface area contributed by atoms with Crippen molar-refractivity contribution >= 4 is 27.2 Å². The van der Waals surface area contributed by atoms with Crippen LogP contribution in [0.2, 0.25) is 0 Å². The third kappa shape index (κ3) is 8.30. The van der Waals surface area contributed by atoms with Crippen LogP contribution in [0.1, 0.15) is 20.8 Å². The predicted octanol–water partition coefficient (Wildman–Crippen LogP) is 7.38. The average Bonchev–Trinajstić information content (AvgIpc) is 2.91. The maximum Gasteiger partial charge on any atom is 0.514 e. The summed E-state index contributed by atoms with van der Waals surface area (Å²) >= 11 is 0. The lowest BCUT2D eigenvalue weighted by molar-refractivity contribution is 0.0205. The quantitative estimate of drug-likeness (QED) is 0.0437. The SMILES string of the molecule is CC(C)(C)OC(=O)Oc1cccc([S+](c2ccccc2)c2ccccc2)c1.O=S(=O)([O-])c1c(F)c(F)c(F)c(F)c1F. The van der Waals surface area contributed by atoms with Crippen LogP contribution in [-0.2, 0) is 25.7 Å². The summed E-state index contributed by atoms with van der Waals surface area (Å²) in [4.78, 5) is 13.1. The van der Waals surface area contributed by atoms with Gasteiger partial charge in [-0.05, 0) is 57.2 Å². The Morgan fingerprint density at radius 2 is 1.12 bits per heavy atom. The van der Waals surface area contributed by atoms with Gasteiger partial charge >= 0.3 is 6.16 Å². The van der Waals surface area contributed by atoms with E-state index in [0.29, 0.717) is 5.75 Å². The van der Waals surface area contributed by atoms with Crippen molar-refractivity contribution in [2.24, 2.45) is 0 Å². The molecule has 0 saturated carbocycles. The van der Waals surface area contributed by atoms with Gasteiger partial charge in [0.15, 0.2) is 38.0 Å². The first-order valence-corrected chi connectivity index (χ1v) is 14.6. The lowest BCUT2D eigenvalue weighted by Gasteiger charge is -2.18. The molecule has 0 unspecified atom stereocenters. The minimum atomic E-state index is -5.77. The van der Waals surface area contributed by atoms with Crippen LogP contribution >= 0.6 is 0 Å². The lowest BCUT2D eigenvalue weighted by Crippen LogP contribution is -2.26. The van der Waals surface area contributed by atoms with Crippen molar-refractivity contribution in [2.75, 3.05) is 0 Å². The molecule has 0 aliphatic rings. The van der Waals surface area contributed by atoms with Gasteiger partial charge in [0.25, 0.3) is 0 Å². The molecule has 0 radical (unpaired) electrons. The number of benzene rings is 4. The molecule has 0 amide bonds. The van der Waals surface area contributed by atoms with Gasteiger partial charge in [-0.1, -0.05) is 42.5 Å². The maximum atomic E-state index is 12.6. The fourth-order valence-electron chi connectivity index (χ4n) is 3.36. The number of carbonyl (C=O) groups excluding carboxylic acids is 1. The minimum Gasteiger partial charge on any atom is -0.744 e. The van der Waals surface area contributed by atoms with Crippen molar-refractivity contribution in [1.29, 1.82) is 0 Å². The summed E-state index contributed by atoms with van der Waals surface area (Å²) in [5.74, 6) is -12.3. The van der Waals surface area contributed by atoms with E-state index in [0.717, 1.165) is 4.90 Å². The highest BCUT2D eigenvalue weighted by Crippen LogP contribution is 2.33. The molecule has 0 aliphatic carbocycles. The molecule has 0 aromatic heterocycles. The van der Waals surface area contributed by atoms with Crippen LogP contribution in [0.4, 0.5) is 26.7 Å². The molecule has 0 spiro atoms. The molecule has 42 heavy (non-hydrogen) atoms. The fraction of sp³-hybridized carbons (Fsp3) is 0.138. The van der Waals surface area contributed by atoms with Crippen LogP contribution in [0.25, 0.3) is 0 Å². The maximum absolute atomic E-state index is 12.6. The third-order valence-corrected chi connectivity index (χ3v) is 8.08. The Bertz CT molecular complexity index is 1590. The summed E-state index contributed by atoms with van der Waals surface area (Å²) in [5, 5.41) is 0. The van der Waals surface area contributed by atoms with Crippen molar-refractivity contribution in [3.8, 4) is 5.75 Å². The second kappa shape index (κ2) is 13.4. The Kier molecular flexibility index (Phi) is 10.4. The number of ether oxygens (including phenoxy) is 2. The summed E-state index contributed by atoms with van der Waals surface area (Å²) in [6.45, 7) is 5.44. The van der Waals surface area contributed by atoms with E-state index in [9.17, 15) is 39.7 Å². The van der Waals surface area contributed by atoms with Crippen molar-refractivity contribution in [1.82, 2.24) is 0 Å². The summed E-state index contributed by atoms with van der Waals surface area (Å²) in [5.41, 5.74) is -0.590. The summed E-state index contributed by atoms with van der Waals surface area (Å²) in [6, 6.07) is 28.3. The largest absolute Gasteiger partial charge is 0.744 e. The number of hydrogen-bond acceptors (Lipinski definition) is 6. The van der Waals surface area contributed by atoms with Crippen LogP contribution in [0, 0.1) is 29.1 Å². The van der Waals surface area contributed by atoms with E-state index in [1.54, 1.807) is 6.07 Å². The zero-order chi connectivity index (χ0) is 31.2. The smallest absolute Gasteiger partial charge is 0.514 e. The molecule has 0 heterocycles. The molecular formula is C29H23F5O6S2. The molecule has 6 nitrogen and oxygen atoms in total. The molecular weight excluding hydrogens is 603 g/mol. The van der Waals surface area contributed by atoms with E-state index in [2.05, 4.69) is 30.3 Å². The molecule has 0 atom stereocenters. The molecule has 4 aromatic carbocycles. The highest BCUT2D eigenvalue weighted by Gasteiger charge is 2.30. The normalized spacial score (nSPS) is 11.5. The molecule has 4 aromatic rings. The Hall–Kier alpha value is -3.94. The first-order valence-electron chi connectivity index (χ1n) is 11.9. The van der Waals surface area contributed by atoms with Crippen LogP contribution in [-0.4, -0.2) is 24.7 Å². The van der Waals surface area contributed by atoms with Crippen LogP contribution in [0.15, 0.2) is 105 Å². The molecule has 4 rings (SSSR count). The van der Waals surface area contributed by atoms with Gasteiger partial charge in [-0.15, -0.1) is 0 Å². The number of carbonyl (C=O) groups is 1. The van der Waals surface area contributed by atoms with E-state index in [1.165, 1.54) is 9.79 Å². The lowest BCUT2D eigenvalue weighted by atomic mass is 10.2. The van der Waals surface area contributed by atoms with E-state index < -0.39 is 55.9 Å². The van der Waals surface area contributed by atoms with E-state index in [1.807, 2.05) is 69.3 Å². The first-order chi connectivity index (χ1) is 19.6.